The standard InChI is InChI=1S/C13H13ClN2O3S/c1-9(10-3-2-4-11(17)7-10)16-20(18,19)13-8-15-6-5-12(13)14/h2-9,16-17H,1H3. The number of phenols is 1. The van der Waals surface area contributed by atoms with E-state index in [9.17, 15) is 13.5 Å². The summed E-state index contributed by atoms with van der Waals surface area (Å²) in [6.45, 7) is 1.68. The van der Waals surface area contributed by atoms with Gasteiger partial charge >= 0.3 is 0 Å². The van der Waals surface area contributed by atoms with E-state index in [-0.39, 0.29) is 15.7 Å². The van der Waals surface area contributed by atoms with Crippen molar-refractivity contribution in [1.29, 1.82) is 0 Å². The van der Waals surface area contributed by atoms with Crippen molar-refractivity contribution in [2.75, 3.05) is 0 Å². The Morgan fingerprint density at radius 3 is 2.75 bits per heavy atom. The minimum absolute atomic E-state index is 0.0753. The number of sulfonamides is 1. The highest BCUT2D eigenvalue weighted by atomic mass is 35.5. The first-order valence-electron chi connectivity index (χ1n) is 5.81. The number of pyridine rings is 1. The Bertz CT molecular complexity index is 719. The lowest BCUT2D eigenvalue weighted by atomic mass is 10.1. The molecule has 0 saturated carbocycles. The van der Waals surface area contributed by atoms with Gasteiger partial charge in [-0.2, -0.15) is 0 Å². The van der Waals surface area contributed by atoms with E-state index in [0.717, 1.165) is 0 Å². The van der Waals surface area contributed by atoms with E-state index in [1.165, 1.54) is 30.6 Å². The van der Waals surface area contributed by atoms with E-state index < -0.39 is 16.1 Å². The molecule has 0 bridgehead atoms. The van der Waals surface area contributed by atoms with Crippen LogP contribution in [0.1, 0.15) is 18.5 Å². The molecule has 0 aliphatic carbocycles. The van der Waals surface area contributed by atoms with Gasteiger partial charge in [0, 0.05) is 18.4 Å². The van der Waals surface area contributed by atoms with Crippen LogP contribution in [0, 0.1) is 0 Å². The normalized spacial score (nSPS) is 13.1. The SMILES string of the molecule is CC(NS(=O)(=O)c1cnccc1Cl)c1cccc(O)c1. The van der Waals surface area contributed by atoms with E-state index in [1.54, 1.807) is 19.1 Å². The summed E-state index contributed by atoms with van der Waals surface area (Å²) in [5, 5.41) is 9.52. The first-order valence-corrected chi connectivity index (χ1v) is 7.67. The average molecular weight is 313 g/mol. The van der Waals surface area contributed by atoms with E-state index in [4.69, 9.17) is 11.6 Å². The molecule has 0 amide bonds. The monoisotopic (exact) mass is 312 g/mol. The topological polar surface area (TPSA) is 79.3 Å². The van der Waals surface area contributed by atoms with Crippen LogP contribution in [0.3, 0.4) is 0 Å². The molecule has 0 aliphatic rings. The first-order chi connectivity index (χ1) is 9.40. The zero-order valence-electron chi connectivity index (χ0n) is 10.6. The van der Waals surface area contributed by atoms with Gasteiger partial charge in [-0.15, -0.1) is 0 Å². The molecule has 5 nitrogen and oxygen atoms in total. The molecule has 2 N–H and O–H groups in total. The van der Waals surface area contributed by atoms with Crippen LogP contribution in [0.15, 0.2) is 47.6 Å². The maximum absolute atomic E-state index is 12.2. The second-order valence-corrected chi connectivity index (χ2v) is 6.33. The van der Waals surface area contributed by atoms with Crippen molar-refractivity contribution in [2.45, 2.75) is 17.9 Å². The lowest BCUT2D eigenvalue weighted by molar-refractivity contribution is 0.473. The van der Waals surface area contributed by atoms with Gasteiger partial charge in [0.2, 0.25) is 10.0 Å². The number of benzene rings is 1. The molecule has 106 valence electrons. The summed E-state index contributed by atoms with van der Waals surface area (Å²) in [5.41, 5.74) is 0.647. The van der Waals surface area contributed by atoms with E-state index in [0.29, 0.717) is 5.56 Å². The fourth-order valence-electron chi connectivity index (χ4n) is 1.72. The Morgan fingerprint density at radius 1 is 1.35 bits per heavy atom. The fraction of sp³-hybridized carbons (Fsp3) is 0.154. The lowest BCUT2D eigenvalue weighted by Crippen LogP contribution is -2.27. The van der Waals surface area contributed by atoms with Crippen molar-refractivity contribution in [3.8, 4) is 5.75 Å². The second-order valence-electron chi connectivity index (χ2n) is 4.24. The Kier molecular flexibility index (Phi) is 4.27. The number of nitrogens with zero attached hydrogens (tertiary/aromatic N) is 1. The van der Waals surface area contributed by atoms with Crippen LogP contribution in [0.25, 0.3) is 0 Å². The second kappa shape index (κ2) is 5.78. The number of nitrogens with one attached hydrogen (secondary N) is 1. The van der Waals surface area contributed by atoms with Crippen molar-refractivity contribution < 1.29 is 13.5 Å². The van der Waals surface area contributed by atoms with Crippen molar-refractivity contribution in [3.05, 3.63) is 53.3 Å². The molecule has 1 aromatic carbocycles. The molecule has 0 saturated heterocycles. The summed E-state index contributed by atoms with van der Waals surface area (Å²) in [7, 11) is -3.78. The molecular weight excluding hydrogens is 300 g/mol. The van der Waals surface area contributed by atoms with Crippen LogP contribution in [0.4, 0.5) is 0 Å². The predicted octanol–water partition coefficient (Wildman–Crippen LogP) is 2.48. The molecule has 7 heteroatoms. The predicted molar refractivity (Wildman–Crippen MR) is 76.1 cm³/mol. The Morgan fingerprint density at radius 2 is 2.10 bits per heavy atom. The van der Waals surface area contributed by atoms with Crippen LogP contribution in [0.5, 0.6) is 5.75 Å². The largest absolute Gasteiger partial charge is 0.508 e. The molecule has 1 aromatic heterocycles. The van der Waals surface area contributed by atoms with Crippen LogP contribution in [-0.2, 0) is 10.0 Å². The summed E-state index contributed by atoms with van der Waals surface area (Å²) < 4.78 is 26.9. The molecule has 0 aliphatic heterocycles. The van der Waals surface area contributed by atoms with Gasteiger partial charge < -0.3 is 5.11 Å². The summed E-state index contributed by atoms with van der Waals surface area (Å²) in [6, 6.07) is 7.28. The highest BCUT2D eigenvalue weighted by molar-refractivity contribution is 7.89. The number of rotatable bonds is 4. The van der Waals surface area contributed by atoms with Crippen molar-refractivity contribution in [2.24, 2.45) is 0 Å². The van der Waals surface area contributed by atoms with E-state index >= 15 is 0 Å². The number of halogens is 1. The number of aromatic nitrogens is 1. The molecule has 1 unspecified atom stereocenters. The Balaban J connectivity index is 2.27. The zero-order chi connectivity index (χ0) is 14.8. The van der Waals surface area contributed by atoms with Gasteiger partial charge in [0.25, 0.3) is 0 Å². The number of hydrogen-bond donors (Lipinski definition) is 2. The maximum atomic E-state index is 12.2. The summed E-state index contributed by atoms with van der Waals surface area (Å²) in [5.74, 6) is 0.0768. The van der Waals surface area contributed by atoms with Crippen LogP contribution < -0.4 is 4.72 Å². The van der Waals surface area contributed by atoms with Gasteiger partial charge in [0.1, 0.15) is 10.6 Å². The molecule has 1 atom stereocenters. The lowest BCUT2D eigenvalue weighted by Gasteiger charge is -2.15. The molecule has 2 aromatic rings. The van der Waals surface area contributed by atoms with E-state index in [1.807, 2.05) is 0 Å². The Labute approximate surface area is 122 Å². The van der Waals surface area contributed by atoms with Crippen LogP contribution in [-0.4, -0.2) is 18.5 Å². The van der Waals surface area contributed by atoms with Crippen molar-refractivity contribution in [1.82, 2.24) is 9.71 Å². The molecular formula is C13H13ClN2O3S. The molecule has 20 heavy (non-hydrogen) atoms. The first kappa shape index (κ1) is 14.8. The number of hydrogen-bond acceptors (Lipinski definition) is 4. The van der Waals surface area contributed by atoms with Gasteiger partial charge in [0.15, 0.2) is 0 Å². The molecule has 2 rings (SSSR count). The van der Waals surface area contributed by atoms with Gasteiger partial charge in [-0.1, -0.05) is 23.7 Å². The molecule has 0 radical (unpaired) electrons. The summed E-state index contributed by atoms with van der Waals surface area (Å²) in [4.78, 5) is 3.69. The summed E-state index contributed by atoms with van der Waals surface area (Å²) >= 11 is 5.86. The van der Waals surface area contributed by atoms with Gasteiger partial charge in [-0.25, -0.2) is 13.1 Å². The zero-order valence-corrected chi connectivity index (χ0v) is 12.2. The number of aromatic hydroxyl groups is 1. The van der Waals surface area contributed by atoms with Crippen molar-refractivity contribution in [3.63, 3.8) is 0 Å². The third kappa shape index (κ3) is 3.27. The third-order valence-electron chi connectivity index (χ3n) is 2.73. The Hall–Kier alpha value is -1.63. The highest BCUT2D eigenvalue weighted by Gasteiger charge is 2.21. The van der Waals surface area contributed by atoms with Gasteiger partial charge in [-0.05, 0) is 30.7 Å². The summed E-state index contributed by atoms with van der Waals surface area (Å²) in [6.07, 6.45) is 2.61. The molecule has 1 heterocycles. The van der Waals surface area contributed by atoms with Gasteiger partial charge in [0.05, 0.1) is 5.02 Å². The van der Waals surface area contributed by atoms with Gasteiger partial charge in [-0.3, -0.25) is 4.98 Å². The quantitative estimate of drug-likeness (QED) is 0.909. The third-order valence-corrected chi connectivity index (χ3v) is 4.74. The van der Waals surface area contributed by atoms with E-state index in [2.05, 4.69) is 9.71 Å². The fourth-order valence-corrected chi connectivity index (χ4v) is 3.38. The van der Waals surface area contributed by atoms with Crippen molar-refractivity contribution >= 4 is 21.6 Å². The smallest absolute Gasteiger partial charge is 0.244 e. The average Bonchev–Trinajstić information content (AvgIpc) is 2.38. The highest BCUT2D eigenvalue weighted by Crippen LogP contribution is 2.23. The molecule has 0 fully saturated rings. The molecule has 0 spiro atoms. The maximum Gasteiger partial charge on any atom is 0.244 e. The minimum atomic E-state index is -3.78. The minimum Gasteiger partial charge on any atom is -0.508 e. The van der Waals surface area contributed by atoms with Crippen LogP contribution in [0.2, 0.25) is 5.02 Å². The van der Waals surface area contributed by atoms with Crippen LogP contribution >= 0.6 is 11.6 Å². The number of phenolic OH excluding ortho intramolecular Hbond substituents is 1.